The van der Waals surface area contributed by atoms with Gasteiger partial charge in [0.15, 0.2) is 11.0 Å². The third-order valence-electron chi connectivity index (χ3n) is 4.04. The zero-order valence-corrected chi connectivity index (χ0v) is 16.3. The van der Waals surface area contributed by atoms with E-state index in [1.54, 1.807) is 12.1 Å². The van der Waals surface area contributed by atoms with E-state index in [1.807, 2.05) is 35.8 Å². The van der Waals surface area contributed by atoms with Crippen molar-refractivity contribution < 1.29 is 4.52 Å². The van der Waals surface area contributed by atoms with E-state index in [0.29, 0.717) is 22.5 Å². The molecule has 4 rings (SSSR count). The molecular weight excluding hydrogens is 382 g/mol. The van der Waals surface area contributed by atoms with Crippen LogP contribution in [0.5, 0.6) is 0 Å². The zero-order chi connectivity index (χ0) is 18.8. The molecule has 0 N–H and O–H groups in total. The first kappa shape index (κ1) is 17.8. The largest absolute Gasteiger partial charge is 0.334 e. The maximum atomic E-state index is 5.92. The van der Waals surface area contributed by atoms with Gasteiger partial charge in [0.1, 0.15) is 5.82 Å². The van der Waals surface area contributed by atoms with Crippen molar-refractivity contribution in [3.8, 4) is 17.1 Å². The van der Waals surface area contributed by atoms with Gasteiger partial charge in [-0.05, 0) is 49.7 Å². The number of rotatable bonds is 5. The second kappa shape index (κ2) is 7.54. The predicted molar refractivity (Wildman–Crippen MR) is 105 cm³/mol. The van der Waals surface area contributed by atoms with Crippen molar-refractivity contribution in [2.75, 3.05) is 0 Å². The number of nitrogens with zero attached hydrogens (tertiary/aromatic N) is 5. The van der Waals surface area contributed by atoms with E-state index in [0.717, 1.165) is 27.8 Å². The molecule has 2 aromatic carbocycles. The number of thioether (sulfide) groups is 1. The minimum absolute atomic E-state index is 0.471. The molecule has 0 atom stereocenters. The Morgan fingerprint density at radius 3 is 2.59 bits per heavy atom. The van der Waals surface area contributed by atoms with Gasteiger partial charge in [0.25, 0.3) is 5.89 Å². The van der Waals surface area contributed by atoms with Gasteiger partial charge in [0.2, 0.25) is 0 Å². The third kappa shape index (κ3) is 3.74. The standard InChI is InChI=1S/C19H16ClN5OS/c1-12-5-3-4-6-16(12)25-13(2)22-23-19(25)27-11-17-21-18(26-24-17)14-7-9-15(20)10-8-14/h3-10H,11H2,1-2H3. The summed E-state index contributed by atoms with van der Waals surface area (Å²) in [4.78, 5) is 4.45. The number of benzene rings is 2. The first-order chi connectivity index (χ1) is 13.1. The summed E-state index contributed by atoms with van der Waals surface area (Å²) in [6.07, 6.45) is 0. The summed E-state index contributed by atoms with van der Waals surface area (Å²) in [5.41, 5.74) is 3.06. The summed E-state index contributed by atoms with van der Waals surface area (Å²) >= 11 is 7.43. The quantitative estimate of drug-likeness (QED) is 0.447. The third-order valence-corrected chi connectivity index (χ3v) is 5.22. The Hall–Kier alpha value is -2.64. The highest BCUT2D eigenvalue weighted by Crippen LogP contribution is 2.27. The van der Waals surface area contributed by atoms with E-state index in [-0.39, 0.29) is 0 Å². The summed E-state index contributed by atoms with van der Waals surface area (Å²) < 4.78 is 7.40. The lowest BCUT2D eigenvalue weighted by Gasteiger charge is -2.10. The highest BCUT2D eigenvalue weighted by Gasteiger charge is 2.15. The Bertz CT molecular complexity index is 1070. The van der Waals surface area contributed by atoms with Gasteiger partial charge in [-0.2, -0.15) is 4.98 Å². The molecule has 0 aliphatic heterocycles. The van der Waals surface area contributed by atoms with E-state index in [4.69, 9.17) is 16.1 Å². The van der Waals surface area contributed by atoms with E-state index in [2.05, 4.69) is 39.4 Å². The molecule has 0 fully saturated rings. The van der Waals surface area contributed by atoms with Crippen LogP contribution in [0.1, 0.15) is 17.2 Å². The fourth-order valence-corrected chi connectivity index (χ4v) is 3.64. The Balaban J connectivity index is 1.54. The molecule has 136 valence electrons. The van der Waals surface area contributed by atoms with Crippen molar-refractivity contribution in [2.24, 2.45) is 0 Å². The summed E-state index contributed by atoms with van der Waals surface area (Å²) in [6.45, 7) is 4.01. The van der Waals surface area contributed by atoms with Crippen molar-refractivity contribution in [2.45, 2.75) is 24.8 Å². The predicted octanol–water partition coefficient (Wildman–Crippen LogP) is 4.88. The highest BCUT2D eigenvalue weighted by atomic mass is 35.5. The Morgan fingerprint density at radius 2 is 1.81 bits per heavy atom. The maximum absolute atomic E-state index is 5.92. The van der Waals surface area contributed by atoms with Gasteiger partial charge in [-0.15, -0.1) is 10.2 Å². The van der Waals surface area contributed by atoms with Crippen LogP contribution in [0.4, 0.5) is 0 Å². The normalized spacial score (nSPS) is 11.1. The van der Waals surface area contributed by atoms with E-state index in [9.17, 15) is 0 Å². The molecule has 27 heavy (non-hydrogen) atoms. The van der Waals surface area contributed by atoms with Crippen molar-refractivity contribution in [1.29, 1.82) is 0 Å². The molecule has 0 radical (unpaired) electrons. The molecule has 8 heteroatoms. The summed E-state index contributed by atoms with van der Waals surface area (Å²) in [6, 6.07) is 15.4. The first-order valence-corrected chi connectivity index (χ1v) is 9.67. The van der Waals surface area contributed by atoms with Crippen molar-refractivity contribution in [1.82, 2.24) is 24.9 Å². The van der Waals surface area contributed by atoms with Crippen LogP contribution in [0, 0.1) is 13.8 Å². The number of halogens is 1. The van der Waals surface area contributed by atoms with Crippen molar-refractivity contribution >= 4 is 23.4 Å². The molecule has 6 nitrogen and oxygen atoms in total. The van der Waals surface area contributed by atoms with Crippen LogP contribution in [0.25, 0.3) is 17.1 Å². The number of aryl methyl sites for hydroxylation is 2. The number of hydrogen-bond acceptors (Lipinski definition) is 6. The summed E-state index contributed by atoms with van der Waals surface area (Å²) in [5, 5.41) is 14.0. The van der Waals surface area contributed by atoms with Crippen molar-refractivity contribution in [3.63, 3.8) is 0 Å². The van der Waals surface area contributed by atoms with Gasteiger partial charge >= 0.3 is 0 Å². The first-order valence-electron chi connectivity index (χ1n) is 8.31. The molecule has 0 saturated heterocycles. The Labute approximate surface area is 165 Å². The van der Waals surface area contributed by atoms with Crippen LogP contribution in [-0.2, 0) is 5.75 Å². The molecule has 0 saturated carbocycles. The summed E-state index contributed by atoms with van der Waals surface area (Å²) in [7, 11) is 0. The molecule has 2 aromatic heterocycles. The van der Waals surface area contributed by atoms with Crippen LogP contribution in [0.3, 0.4) is 0 Å². The van der Waals surface area contributed by atoms with Gasteiger partial charge in [-0.1, -0.05) is 46.7 Å². The monoisotopic (exact) mass is 397 g/mol. The SMILES string of the molecule is Cc1ccccc1-n1c(C)nnc1SCc1noc(-c2ccc(Cl)cc2)n1. The second-order valence-corrected chi connectivity index (χ2v) is 7.34. The fraction of sp³-hybridized carbons (Fsp3) is 0.158. The molecule has 4 aromatic rings. The minimum Gasteiger partial charge on any atom is -0.334 e. The lowest BCUT2D eigenvalue weighted by atomic mass is 10.2. The van der Waals surface area contributed by atoms with Crippen LogP contribution < -0.4 is 0 Å². The van der Waals surface area contributed by atoms with E-state index < -0.39 is 0 Å². The molecule has 0 amide bonds. The molecule has 0 aliphatic rings. The zero-order valence-electron chi connectivity index (χ0n) is 14.8. The lowest BCUT2D eigenvalue weighted by Crippen LogP contribution is -2.01. The van der Waals surface area contributed by atoms with Gasteiger partial charge in [-0.3, -0.25) is 4.57 Å². The minimum atomic E-state index is 0.471. The van der Waals surface area contributed by atoms with E-state index in [1.165, 1.54) is 11.8 Å². The van der Waals surface area contributed by atoms with Gasteiger partial charge in [-0.25, -0.2) is 0 Å². The second-order valence-electron chi connectivity index (χ2n) is 5.96. The number of hydrogen-bond donors (Lipinski definition) is 0. The topological polar surface area (TPSA) is 69.6 Å². The highest BCUT2D eigenvalue weighted by molar-refractivity contribution is 7.98. The lowest BCUT2D eigenvalue weighted by molar-refractivity contribution is 0.425. The molecule has 2 heterocycles. The summed E-state index contributed by atoms with van der Waals surface area (Å²) in [5.74, 6) is 2.43. The van der Waals surface area contributed by atoms with Gasteiger partial charge < -0.3 is 4.52 Å². The van der Waals surface area contributed by atoms with Crippen molar-refractivity contribution in [3.05, 3.63) is 70.8 Å². The average molecular weight is 398 g/mol. The molecule has 0 aliphatic carbocycles. The van der Waals surface area contributed by atoms with Crippen LogP contribution >= 0.6 is 23.4 Å². The van der Waals surface area contributed by atoms with Gasteiger partial charge in [0.05, 0.1) is 11.4 Å². The van der Waals surface area contributed by atoms with Crippen LogP contribution in [0.15, 0.2) is 58.2 Å². The number of para-hydroxylation sites is 1. The molecule has 0 unspecified atom stereocenters. The number of aromatic nitrogens is 5. The molecule has 0 spiro atoms. The van der Waals surface area contributed by atoms with E-state index >= 15 is 0 Å². The Kier molecular flexibility index (Phi) is 4.96. The van der Waals surface area contributed by atoms with Crippen LogP contribution in [0.2, 0.25) is 5.02 Å². The molecular formula is C19H16ClN5OS. The molecule has 0 bridgehead atoms. The fourth-order valence-electron chi connectivity index (χ4n) is 2.68. The Morgan fingerprint density at radius 1 is 1.04 bits per heavy atom. The van der Waals surface area contributed by atoms with Gasteiger partial charge in [0, 0.05) is 10.6 Å². The van der Waals surface area contributed by atoms with Crippen LogP contribution in [-0.4, -0.2) is 24.9 Å². The smallest absolute Gasteiger partial charge is 0.257 e. The average Bonchev–Trinajstić information content (AvgIpc) is 3.28. The maximum Gasteiger partial charge on any atom is 0.257 e.